The third-order valence-corrected chi connectivity index (χ3v) is 3.23. The van der Waals surface area contributed by atoms with Gasteiger partial charge < -0.3 is 9.79 Å². The van der Waals surface area contributed by atoms with Crippen molar-refractivity contribution in [3.05, 3.63) is 0 Å². The van der Waals surface area contributed by atoms with Crippen molar-refractivity contribution in [2.45, 2.75) is 60.5 Å². The van der Waals surface area contributed by atoms with E-state index in [2.05, 4.69) is 9.05 Å². The van der Waals surface area contributed by atoms with E-state index in [1.807, 2.05) is 32.6 Å². The molecule has 0 heterocycles. The smallest absolute Gasteiger partial charge is 0.338 e. The fourth-order valence-corrected chi connectivity index (χ4v) is 2.41. The number of hydrogen-bond donors (Lipinski definition) is 1. The Morgan fingerprint density at radius 1 is 1.11 bits per heavy atom. The normalized spacial score (nSPS) is 11.3. The van der Waals surface area contributed by atoms with Crippen LogP contribution in [0.15, 0.2) is 0 Å². The van der Waals surface area contributed by atoms with E-state index in [1.54, 1.807) is 20.8 Å². The first-order valence-electron chi connectivity index (χ1n) is 6.49. The summed E-state index contributed by atoms with van der Waals surface area (Å²) >= 11 is 0. The predicted molar refractivity (Wildman–Crippen MR) is 75.9 cm³/mol. The van der Waals surface area contributed by atoms with Crippen molar-refractivity contribution in [2.24, 2.45) is 0 Å². The van der Waals surface area contributed by atoms with Crippen LogP contribution in [0.2, 0.25) is 0 Å². The van der Waals surface area contributed by atoms with Crippen LogP contribution in [0, 0.1) is 0 Å². The highest BCUT2D eigenvalue weighted by Gasteiger charge is 2.17. The fourth-order valence-electron chi connectivity index (χ4n) is 1.69. The molecule has 6 nitrogen and oxygen atoms in total. The second-order valence-electron chi connectivity index (χ2n) is 4.42. The lowest BCUT2D eigenvalue weighted by atomic mass is 10.2. The topological polar surface area (TPSA) is 76.1 Å². The molecule has 0 spiro atoms. The molecule has 1 N–H and O–H groups in total. The molecule has 19 heavy (non-hydrogen) atoms. The third kappa shape index (κ3) is 11.1. The van der Waals surface area contributed by atoms with Crippen LogP contribution in [-0.2, 0) is 18.4 Å². The highest BCUT2D eigenvalue weighted by molar-refractivity contribution is 7.47. The molecule has 0 atom stereocenters. The molecule has 0 aromatic rings. The van der Waals surface area contributed by atoms with Gasteiger partial charge in [0.05, 0.1) is 13.2 Å². The molecule has 0 aliphatic rings. The zero-order valence-electron chi connectivity index (χ0n) is 13.0. The zero-order valence-corrected chi connectivity index (χ0v) is 13.9. The summed E-state index contributed by atoms with van der Waals surface area (Å²) in [6.07, 6.45) is 0. The summed E-state index contributed by atoms with van der Waals surface area (Å²) in [5, 5.41) is 0. The average molecular weight is 297 g/mol. The minimum atomic E-state index is -3.69. The van der Waals surface area contributed by atoms with Gasteiger partial charge in [0.2, 0.25) is 5.91 Å². The van der Waals surface area contributed by atoms with Gasteiger partial charge in [0.1, 0.15) is 0 Å². The molecule has 0 bridgehead atoms. The number of carbonyl (C=O) groups is 1. The van der Waals surface area contributed by atoms with Crippen molar-refractivity contribution >= 4 is 13.7 Å². The Kier molecular flexibility index (Phi) is 11.4. The zero-order chi connectivity index (χ0) is 15.6. The number of phosphoric ester groups is 1. The molecule has 1 amide bonds. The number of phosphoric acid groups is 1. The first kappa shape index (κ1) is 20.9. The number of hydrogen-bond acceptors (Lipinski definition) is 4. The van der Waals surface area contributed by atoms with E-state index in [4.69, 9.17) is 4.89 Å². The molecule has 0 radical (unpaired) electrons. The molecule has 0 saturated carbocycles. The lowest BCUT2D eigenvalue weighted by molar-refractivity contribution is -0.132. The maximum atomic E-state index is 11.0. The molecular weight excluding hydrogens is 269 g/mol. The van der Waals surface area contributed by atoms with Crippen LogP contribution < -0.4 is 0 Å². The quantitative estimate of drug-likeness (QED) is 0.763. The summed E-state index contributed by atoms with van der Waals surface area (Å²) < 4.78 is 19.2. The van der Waals surface area contributed by atoms with Crippen LogP contribution in [-0.4, -0.2) is 41.0 Å². The van der Waals surface area contributed by atoms with Gasteiger partial charge in [-0.25, -0.2) is 4.57 Å². The van der Waals surface area contributed by atoms with Crippen molar-refractivity contribution in [1.29, 1.82) is 0 Å². The van der Waals surface area contributed by atoms with E-state index < -0.39 is 7.82 Å². The highest BCUT2D eigenvalue weighted by Crippen LogP contribution is 2.42. The molecule has 116 valence electrons. The summed E-state index contributed by atoms with van der Waals surface area (Å²) in [5.74, 6) is 0.157. The van der Waals surface area contributed by atoms with Crippen molar-refractivity contribution in [3.8, 4) is 0 Å². The van der Waals surface area contributed by atoms with Gasteiger partial charge in [-0.15, -0.1) is 0 Å². The molecule has 0 aliphatic heterocycles. The van der Waals surface area contributed by atoms with Crippen LogP contribution in [0.25, 0.3) is 0 Å². The van der Waals surface area contributed by atoms with Gasteiger partial charge in [0.15, 0.2) is 0 Å². The Morgan fingerprint density at radius 3 is 1.53 bits per heavy atom. The molecule has 7 heteroatoms. The first-order chi connectivity index (χ1) is 8.59. The lowest BCUT2D eigenvalue weighted by Gasteiger charge is -2.29. The number of amides is 1. The molecule has 0 aromatic heterocycles. The monoisotopic (exact) mass is 297 g/mol. The van der Waals surface area contributed by atoms with E-state index >= 15 is 0 Å². The molecule has 0 rings (SSSR count). The Hall–Kier alpha value is -0.420. The van der Waals surface area contributed by atoms with E-state index in [0.29, 0.717) is 12.1 Å². The largest absolute Gasteiger partial charge is 0.472 e. The molecule has 0 aliphatic carbocycles. The van der Waals surface area contributed by atoms with Crippen molar-refractivity contribution in [1.82, 2.24) is 4.90 Å². The minimum absolute atomic E-state index is 0.157. The van der Waals surface area contributed by atoms with E-state index in [0.717, 1.165) is 0 Å². The fraction of sp³-hybridized carbons (Fsp3) is 0.917. The SMILES string of the molecule is CC(=O)N(C(C)C)C(C)C.CCOP(=O)(O)OCC. The van der Waals surface area contributed by atoms with Gasteiger partial charge >= 0.3 is 7.82 Å². The van der Waals surface area contributed by atoms with Gasteiger partial charge in [-0.05, 0) is 41.5 Å². The van der Waals surface area contributed by atoms with E-state index in [9.17, 15) is 9.36 Å². The summed E-state index contributed by atoms with van der Waals surface area (Å²) in [4.78, 5) is 21.4. The highest BCUT2D eigenvalue weighted by atomic mass is 31.2. The van der Waals surface area contributed by atoms with Crippen LogP contribution in [0.1, 0.15) is 48.5 Å². The van der Waals surface area contributed by atoms with Crippen molar-refractivity contribution in [3.63, 3.8) is 0 Å². The molecule has 0 fully saturated rings. The third-order valence-electron chi connectivity index (χ3n) is 2.06. The van der Waals surface area contributed by atoms with Crippen LogP contribution in [0.5, 0.6) is 0 Å². The van der Waals surface area contributed by atoms with Gasteiger partial charge in [-0.3, -0.25) is 13.8 Å². The maximum Gasteiger partial charge on any atom is 0.472 e. The minimum Gasteiger partial charge on any atom is -0.338 e. The van der Waals surface area contributed by atoms with Crippen LogP contribution in [0.3, 0.4) is 0 Å². The standard InChI is InChI=1S/C8H17NO.C4H11O4P/c1-6(2)9(7(3)4)8(5)10;1-3-7-9(5,6)8-4-2/h6-7H,1-5H3;3-4H2,1-2H3,(H,5,6). The maximum absolute atomic E-state index is 11.0. The molecular formula is C12H28NO5P. The molecule has 0 unspecified atom stereocenters. The number of rotatable bonds is 6. The number of carbonyl (C=O) groups excluding carboxylic acids is 1. The summed E-state index contributed by atoms with van der Waals surface area (Å²) in [6.45, 7) is 13.4. The van der Waals surface area contributed by atoms with Gasteiger partial charge in [-0.2, -0.15) is 0 Å². The van der Waals surface area contributed by atoms with Gasteiger partial charge in [0.25, 0.3) is 0 Å². The Labute approximate surface area is 116 Å². The second-order valence-corrected chi connectivity index (χ2v) is 5.87. The Bertz CT molecular complexity index is 276. The van der Waals surface area contributed by atoms with Crippen LogP contribution >= 0.6 is 7.82 Å². The number of nitrogens with zero attached hydrogens (tertiary/aromatic N) is 1. The lowest BCUT2D eigenvalue weighted by Crippen LogP contribution is -2.40. The van der Waals surface area contributed by atoms with Crippen molar-refractivity contribution in [2.75, 3.05) is 13.2 Å². The van der Waals surface area contributed by atoms with Gasteiger partial charge in [-0.1, -0.05) is 0 Å². The Morgan fingerprint density at radius 2 is 1.42 bits per heavy atom. The van der Waals surface area contributed by atoms with Crippen LogP contribution in [0.4, 0.5) is 0 Å². The second kappa shape index (κ2) is 10.4. The van der Waals surface area contributed by atoms with E-state index in [1.165, 1.54) is 0 Å². The Balaban J connectivity index is 0. The molecule has 0 saturated heterocycles. The summed E-state index contributed by atoms with van der Waals surface area (Å²) in [7, 11) is -3.69. The molecule has 0 aromatic carbocycles. The average Bonchev–Trinajstić information content (AvgIpc) is 2.15. The summed E-state index contributed by atoms with van der Waals surface area (Å²) in [6, 6.07) is 0.634. The van der Waals surface area contributed by atoms with Gasteiger partial charge in [0, 0.05) is 19.0 Å². The first-order valence-corrected chi connectivity index (χ1v) is 7.99. The predicted octanol–water partition coefficient (Wildman–Crippen LogP) is 2.81. The van der Waals surface area contributed by atoms with E-state index in [-0.39, 0.29) is 19.1 Å². The summed E-state index contributed by atoms with van der Waals surface area (Å²) in [5.41, 5.74) is 0. The van der Waals surface area contributed by atoms with Crippen molar-refractivity contribution < 1.29 is 23.3 Å².